The SMILES string of the molecule is COC(=O)C[C@H]1C[C@H](O)[C@@H](C)[C@@H](c2ccc(C)cc2)N1. The predicted molar refractivity (Wildman–Crippen MR) is 77.3 cm³/mol. The molecule has 1 aromatic carbocycles. The zero-order chi connectivity index (χ0) is 14.7. The Morgan fingerprint density at radius 2 is 2.05 bits per heavy atom. The highest BCUT2D eigenvalue weighted by Gasteiger charge is 2.35. The van der Waals surface area contributed by atoms with Crippen molar-refractivity contribution in [1.29, 1.82) is 0 Å². The monoisotopic (exact) mass is 277 g/mol. The number of piperidine rings is 1. The van der Waals surface area contributed by atoms with Crippen molar-refractivity contribution in [2.24, 2.45) is 5.92 Å². The third-order valence-corrected chi connectivity index (χ3v) is 4.15. The van der Waals surface area contributed by atoms with E-state index in [9.17, 15) is 9.90 Å². The Labute approximate surface area is 120 Å². The number of esters is 1. The number of aliphatic hydroxyl groups is 1. The van der Waals surface area contributed by atoms with Gasteiger partial charge in [-0.15, -0.1) is 0 Å². The topological polar surface area (TPSA) is 58.6 Å². The van der Waals surface area contributed by atoms with Gasteiger partial charge in [0.25, 0.3) is 0 Å². The molecule has 4 atom stereocenters. The van der Waals surface area contributed by atoms with Crippen molar-refractivity contribution >= 4 is 5.97 Å². The minimum atomic E-state index is -0.405. The van der Waals surface area contributed by atoms with Gasteiger partial charge in [-0.25, -0.2) is 0 Å². The summed E-state index contributed by atoms with van der Waals surface area (Å²) in [6.45, 7) is 4.09. The van der Waals surface area contributed by atoms with Crippen LogP contribution in [0.3, 0.4) is 0 Å². The van der Waals surface area contributed by atoms with E-state index < -0.39 is 6.10 Å². The molecule has 2 N–H and O–H groups in total. The Morgan fingerprint density at radius 3 is 2.65 bits per heavy atom. The van der Waals surface area contributed by atoms with Crippen LogP contribution in [-0.2, 0) is 9.53 Å². The maximum absolute atomic E-state index is 11.4. The molecule has 0 bridgehead atoms. The second kappa shape index (κ2) is 6.37. The first-order valence-corrected chi connectivity index (χ1v) is 7.08. The summed E-state index contributed by atoms with van der Waals surface area (Å²) in [6.07, 6.45) is 0.471. The van der Waals surface area contributed by atoms with Crippen LogP contribution in [0.2, 0.25) is 0 Å². The predicted octanol–water partition coefficient (Wildman–Crippen LogP) is 1.96. The Bertz CT molecular complexity index is 457. The number of hydrogen-bond acceptors (Lipinski definition) is 4. The molecular formula is C16H23NO3. The number of carbonyl (C=O) groups is 1. The van der Waals surface area contributed by atoms with E-state index in [0.717, 1.165) is 5.56 Å². The van der Waals surface area contributed by atoms with Gasteiger partial charge in [0.1, 0.15) is 0 Å². The first-order chi connectivity index (χ1) is 9.51. The highest BCUT2D eigenvalue weighted by molar-refractivity contribution is 5.69. The van der Waals surface area contributed by atoms with E-state index in [0.29, 0.717) is 12.8 Å². The van der Waals surface area contributed by atoms with Gasteiger partial charge in [0.15, 0.2) is 0 Å². The van der Waals surface area contributed by atoms with Gasteiger partial charge in [-0.05, 0) is 18.9 Å². The van der Waals surface area contributed by atoms with Crippen LogP contribution >= 0.6 is 0 Å². The van der Waals surface area contributed by atoms with E-state index in [4.69, 9.17) is 4.74 Å². The number of methoxy groups -OCH3 is 1. The number of nitrogens with one attached hydrogen (secondary N) is 1. The van der Waals surface area contributed by atoms with Gasteiger partial charge in [0.2, 0.25) is 0 Å². The molecule has 0 spiro atoms. The second-order valence-electron chi connectivity index (χ2n) is 5.69. The molecule has 1 aliphatic rings. The molecule has 4 nitrogen and oxygen atoms in total. The highest BCUT2D eigenvalue weighted by atomic mass is 16.5. The molecule has 0 saturated carbocycles. The number of aliphatic hydroxyl groups excluding tert-OH is 1. The maximum Gasteiger partial charge on any atom is 0.307 e. The van der Waals surface area contributed by atoms with Crippen LogP contribution in [0, 0.1) is 12.8 Å². The Kier molecular flexibility index (Phi) is 4.78. The molecule has 0 radical (unpaired) electrons. The second-order valence-corrected chi connectivity index (χ2v) is 5.69. The highest BCUT2D eigenvalue weighted by Crippen LogP contribution is 2.32. The third kappa shape index (κ3) is 3.38. The zero-order valence-electron chi connectivity index (χ0n) is 12.3. The fourth-order valence-electron chi connectivity index (χ4n) is 2.80. The van der Waals surface area contributed by atoms with Crippen molar-refractivity contribution in [1.82, 2.24) is 5.32 Å². The summed E-state index contributed by atoms with van der Waals surface area (Å²) < 4.78 is 4.71. The third-order valence-electron chi connectivity index (χ3n) is 4.15. The van der Waals surface area contributed by atoms with Crippen molar-refractivity contribution in [3.05, 3.63) is 35.4 Å². The molecular weight excluding hydrogens is 254 g/mol. The molecule has 0 aliphatic carbocycles. The van der Waals surface area contributed by atoms with Crippen LogP contribution in [0.4, 0.5) is 0 Å². The first kappa shape index (κ1) is 15.0. The standard InChI is InChI=1S/C16H23NO3/c1-10-4-6-12(7-5-10)16-11(2)14(18)8-13(17-16)9-15(19)20-3/h4-7,11,13-14,16-18H,8-9H2,1-3H3/t11-,13-,14+,16+/m1/s1. The number of benzene rings is 1. The fourth-order valence-corrected chi connectivity index (χ4v) is 2.80. The van der Waals surface area contributed by atoms with Crippen LogP contribution in [-0.4, -0.2) is 30.3 Å². The molecule has 1 aliphatic heterocycles. The van der Waals surface area contributed by atoms with Gasteiger partial charge in [0.05, 0.1) is 19.6 Å². The lowest BCUT2D eigenvalue weighted by Crippen LogP contribution is -2.48. The lowest BCUT2D eigenvalue weighted by molar-refractivity contribution is -0.141. The number of rotatable bonds is 3. The summed E-state index contributed by atoms with van der Waals surface area (Å²) in [4.78, 5) is 11.4. The molecule has 2 rings (SSSR count). The van der Waals surface area contributed by atoms with Gasteiger partial charge < -0.3 is 15.2 Å². The molecule has 110 valence electrons. The molecule has 1 heterocycles. The molecule has 1 fully saturated rings. The minimum Gasteiger partial charge on any atom is -0.469 e. The number of carbonyl (C=O) groups excluding carboxylic acids is 1. The Morgan fingerprint density at radius 1 is 1.40 bits per heavy atom. The number of hydrogen-bond donors (Lipinski definition) is 2. The molecule has 0 aromatic heterocycles. The number of ether oxygens (including phenoxy) is 1. The van der Waals surface area contributed by atoms with E-state index in [1.807, 2.05) is 6.92 Å². The molecule has 1 saturated heterocycles. The van der Waals surface area contributed by atoms with E-state index in [2.05, 4.69) is 36.5 Å². The van der Waals surface area contributed by atoms with Crippen molar-refractivity contribution in [3.63, 3.8) is 0 Å². The van der Waals surface area contributed by atoms with Gasteiger partial charge >= 0.3 is 5.97 Å². The summed E-state index contributed by atoms with van der Waals surface area (Å²) in [7, 11) is 1.39. The normalized spacial score (nSPS) is 30.0. The summed E-state index contributed by atoms with van der Waals surface area (Å²) >= 11 is 0. The largest absolute Gasteiger partial charge is 0.469 e. The van der Waals surface area contributed by atoms with Gasteiger partial charge in [-0.1, -0.05) is 36.8 Å². The van der Waals surface area contributed by atoms with Gasteiger partial charge in [0, 0.05) is 18.0 Å². The molecule has 4 heteroatoms. The van der Waals surface area contributed by atoms with Crippen LogP contribution < -0.4 is 5.32 Å². The molecule has 0 amide bonds. The quantitative estimate of drug-likeness (QED) is 0.829. The lowest BCUT2D eigenvalue weighted by Gasteiger charge is -2.39. The average Bonchev–Trinajstić information content (AvgIpc) is 2.43. The molecule has 0 unspecified atom stereocenters. The lowest BCUT2D eigenvalue weighted by atomic mass is 9.82. The van der Waals surface area contributed by atoms with Crippen molar-refractivity contribution in [2.45, 2.75) is 44.9 Å². The Hall–Kier alpha value is -1.39. The summed E-state index contributed by atoms with van der Waals surface area (Å²) in [5.41, 5.74) is 2.36. The zero-order valence-corrected chi connectivity index (χ0v) is 12.3. The minimum absolute atomic E-state index is 0.0417. The van der Waals surface area contributed by atoms with Crippen LogP contribution in [0.15, 0.2) is 24.3 Å². The van der Waals surface area contributed by atoms with E-state index in [1.54, 1.807) is 0 Å². The van der Waals surface area contributed by atoms with Crippen molar-refractivity contribution in [3.8, 4) is 0 Å². The summed E-state index contributed by atoms with van der Waals surface area (Å²) in [6, 6.07) is 8.32. The number of aryl methyl sites for hydroxylation is 1. The summed E-state index contributed by atoms with van der Waals surface area (Å²) in [5, 5.41) is 13.7. The smallest absolute Gasteiger partial charge is 0.307 e. The van der Waals surface area contributed by atoms with E-state index >= 15 is 0 Å². The first-order valence-electron chi connectivity index (χ1n) is 7.08. The van der Waals surface area contributed by atoms with Gasteiger partial charge in [-0.3, -0.25) is 4.79 Å². The van der Waals surface area contributed by atoms with Crippen molar-refractivity contribution < 1.29 is 14.6 Å². The van der Waals surface area contributed by atoms with Crippen molar-refractivity contribution in [2.75, 3.05) is 7.11 Å². The summed E-state index contributed by atoms with van der Waals surface area (Å²) in [5.74, 6) is -0.126. The maximum atomic E-state index is 11.4. The van der Waals surface area contributed by atoms with Crippen LogP contribution in [0.25, 0.3) is 0 Å². The average molecular weight is 277 g/mol. The van der Waals surface area contributed by atoms with E-state index in [-0.39, 0.29) is 24.0 Å². The Balaban J connectivity index is 2.13. The fraction of sp³-hybridized carbons (Fsp3) is 0.562. The van der Waals surface area contributed by atoms with E-state index in [1.165, 1.54) is 12.7 Å². The van der Waals surface area contributed by atoms with Crippen LogP contribution in [0.1, 0.15) is 36.9 Å². The van der Waals surface area contributed by atoms with Gasteiger partial charge in [-0.2, -0.15) is 0 Å². The molecule has 1 aromatic rings. The van der Waals surface area contributed by atoms with Crippen LogP contribution in [0.5, 0.6) is 0 Å². The molecule has 20 heavy (non-hydrogen) atoms.